The molecule has 4 nitrogen and oxygen atoms in total. The van der Waals surface area contributed by atoms with E-state index < -0.39 is 0 Å². The molecule has 0 aliphatic heterocycles. The van der Waals surface area contributed by atoms with Gasteiger partial charge in [-0.3, -0.25) is 0 Å². The summed E-state index contributed by atoms with van der Waals surface area (Å²) in [5, 5.41) is 1.06. The monoisotopic (exact) mass is 341 g/mol. The number of halogens is 2. The van der Waals surface area contributed by atoms with Crippen molar-refractivity contribution in [2.24, 2.45) is 7.05 Å². The Hall–Kier alpha value is -1.07. The second kappa shape index (κ2) is 7.97. The van der Waals surface area contributed by atoms with E-state index >= 15 is 0 Å². The van der Waals surface area contributed by atoms with E-state index in [1.807, 2.05) is 29.9 Å². The molecule has 0 amide bonds. The van der Waals surface area contributed by atoms with Crippen molar-refractivity contribution in [3.8, 4) is 0 Å². The Morgan fingerprint density at radius 2 is 2.05 bits per heavy atom. The Labute approximate surface area is 141 Å². The molecular formula is C16H21Cl2N3O. The first kappa shape index (κ1) is 17.3. The van der Waals surface area contributed by atoms with Gasteiger partial charge in [-0.1, -0.05) is 29.3 Å². The van der Waals surface area contributed by atoms with Crippen molar-refractivity contribution in [2.45, 2.75) is 12.5 Å². The van der Waals surface area contributed by atoms with E-state index in [0.717, 1.165) is 24.4 Å². The zero-order valence-corrected chi connectivity index (χ0v) is 14.6. The van der Waals surface area contributed by atoms with Gasteiger partial charge < -0.3 is 14.2 Å². The minimum atomic E-state index is -0.253. The van der Waals surface area contributed by atoms with Crippen LogP contribution in [0.2, 0.25) is 10.0 Å². The van der Waals surface area contributed by atoms with Crippen LogP contribution in [0.3, 0.4) is 0 Å². The lowest BCUT2D eigenvalue weighted by Crippen LogP contribution is -2.17. The standard InChI is InChI=1S/C16H21Cl2N3O/c1-20(2)8-4-10-22-15(16-19-7-9-21(16)3)12-5-6-13(17)14(18)11-12/h5-7,9,11,15H,4,8,10H2,1-3H3. The topological polar surface area (TPSA) is 30.3 Å². The first-order valence-electron chi connectivity index (χ1n) is 7.17. The van der Waals surface area contributed by atoms with Gasteiger partial charge in [0, 0.05) is 26.0 Å². The number of aryl methyl sites for hydroxylation is 1. The zero-order valence-electron chi connectivity index (χ0n) is 13.1. The van der Waals surface area contributed by atoms with Crippen molar-refractivity contribution in [1.29, 1.82) is 0 Å². The highest BCUT2D eigenvalue weighted by Crippen LogP contribution is 2.30. The van der Waals surface area contributed by atoms with E-state index in [1.54, 1.807) is 12.3 Å². The molecule has 1 unspecified atom stereocenters. The van der Waals surface area contributed by atoms with Crippen molar-refractivity contribution >= 4 is 23.2 Å². The average Bonchev–Trinajstić information content (AvgIpc) is 2.88. The van der Waals surface area contributed by atoms with Crippen LogP contribution < -0.4 is 0 Å². The molecule has 0 bridgehead atoms. The first-order chi connectivity index (χ1) is 10.5. The molecule has 0 saturated heterocycles. The number of hydrogen-bond acceptors (Lipinski definition) is 3. The normalized spacial score (nSPS) is 12.8. The summed E-state index contributed by atoms with van der Waals surface area (Å²) in [5.74, 6) is 0.850. The minimum absolute atomic E-state index is 0.253. The predicted octanol–water partition coefficient (Wildman–Crippen LogP) is 3.78. The van der Waals surface area contributed by atoms with Crippen LogP contribution in [-0.4, -0.2) is 41.7 Å². The number of nitrogens with zero attached hydrogens (tertiary/aromatic N) is 3. The lowest BCUT2D eigenvalue weighted by atomic mass is 10.1. The highest BCUT2D eigenvalue weighted by Gasteiger charge is 2.20. The second-order valence-electron chi connectivity index (χ2n) is 5.48. The number of benzene rings is 1. The third-order valence-corrected chi connectivity index (χ3v) is 4.11. The number of hydrogen-bond donors (Lipinski definition) is 0. The molecule has 0 fully saturated rings. The molecule has 1 atom stereocenters. The molecule has 0 saturated carbocycles. The third-order valence-electron chi connectivity index (χ3n) is 3.37. The molecule has 2 rings (SSSR count). The predicted molar refractivity (Wildman–Crippen MR) is 90.6 cm³/mol. The van der Waals surface area contributed by atoms with Crippen LogP contribution in [0, 0.1) is 0 Å². The van der Waals surface area contributed by atoms with Crippen molar-refractivity contribution < 1.29 is 4.74 Å². The van der Waals surface area contributed by atoms with E-state index in [1.165, 1.54) is 0 Å². The van der Waals surface area contributed by atoms with Crippen molar-refractivity contribution in [3.05, 3.63) is 52.0 Å². The van der Waals surface area contributed by atoms with E-state index in [9.17, 15) is 0 Å². The van der Waals surface area contributed by atoms with Crippen LogP contribution in [0.25, 0.3) is 0 Å². The fourth-order valence-electron chi connectivity index (χ4n) is 2.21. The molecule has 120 valence electrons. The SMILES string of the molecule is CN(C)CCCOC(c1ccc(Cl)c(Cl)c1)c1nccn1C. The molecular weight excluding hydrogens is 321 g/mol. The fraction of sp³-hybridized carbons (Fsp3) is 0.438. The molecule has 0 radical (unpaired) electrons. The van der Waals surface area contributed by atoms with Gasteiger partial charge in [0.05, 0.1) is 10.0 Å². The lowest BCUT2D eigenvalue weighted by Gasteiger charge is -2.19. The van der Waals surface area contributed by atoms with Crippen LogP contribution in [0.1, 0.15) is 23.9 Å². The molecule has 2 aromatic rings. The molecule has 1 heterocycles. The van der Waals surface area contributed by atoms with Crippen molar-refractivity contribution in [3.63, 3.8) is 0 Å². The molecule has 1 aromatic heterocycles. The summed E-state index contributed by atoms with van der Waals surface area (Å²) in [4.78, 5) is 6.55. The highest BCUT2D eigenvalue weighted by molar-refractivity contribution is 6.42. The Morgan fingerprint density at radius 3 is 2.64 bits per heavy atom. The van der Waals surface area contributed by atoms with E-state index in [-0.39, 0.29) is 6.10 Å². The van der Waals surface area contributed by atoms with Crippen LogP contribution >= 0.6 is 23.2 Å². The quantitative estimate of drug-likeness (QED) is 0.718. The maximum Gasteiger partial charge on any atom is 0.142 e. The maximum atomic E-state index is 6.14. The van der Waals surface area contributed by atoms with Gasteiger partial charge in [-0.15, -0.1) is 0 Å². The van der Waals surface area contributed by atoms with Crippen molar-refractivity contribution in [2.75, 3.05) is 27.2 Å². The van der Waals surface area contributed by atoms with Gasteiger partial charge in [-0.05, 0) is 44.8 Å². The van der Waals surface area contributed by atoms with E-state index in [4.69, 9.17) is 27.9 Å². The first-order valence-corrected chi connectivity index (χ1v) is 7.93. The summed E-state index contributed by atoms with van der Waals surface area (Å²) in [7, 11) is 6.06. The number of imidazole rings is 1. The highest BCUT2D eigenvalue weighted by atomic mass is 35.5. The summed E-state index contributed by atoms with van der Waals surface area (Å²) < 4.78 is 8.04. The van der Waals surface area contributed by atoms with Crippen LogP contribution in [-0.2, 0) is 11.8 Å². The van der Waals surface area contributed by atoms with Gasteiger partial charge in [0.2, 0.25) is 0 Å². The van der Waals surface area contributed by atoms with Gasteiger partial charge >= 0.3 is 0 Å². The Bertz CT molecular complexity index is 613. The molecule has 0 aliphatic rings. The van der Waals surface area contributed by atoms with Gasteiger partial charge in [0.1, 0.15) is 11.9 Å². The summed E-state index contributed by atoms with van der Waals surface area (Å²) in [6.07, 6.45) is 4.37. The van der Waals surface area contributed by atoms with E-state index in [0.29, 0.717) is 16.7 Å². The molecule has 1 aromatic carbocycles. The Morgan fingerprint density at radius 1 is 1.27 bits per heavy atom. The molecule has 0 N–H and O–H groups in total. The van der Waals surface area contributed by atoms with Crippen LogP contribution in [0.4, 0.5) is 0 Å². The van der Waals surface area contributed by atoms with Gasteiger partial charge in [-0.25, -0.2) is 4.98 Å². The minimum Gasteiger partial charge on any atom is -0.365 e. The zero-order chi connectivity index (χ0) is 16.1. The summed E-state index contributed by atoms with van der Waals surface area (Å²) in [6, 6.07) is 5.56. The maximum absolute atomic E-state index is 6.14. The number of ether oxygens (including phenoxy) is 1. The van der Waals surface area contributed by atoms with Crippen LogP contribution in [0.5, 0.6) is 0 Å². The van der Waals surface area contributed by atoms with Crippen LogP contribution in [0.15, 0.2) is 30.6 Å². The van der Waals surface area contributed by atoms with Gasteiger partial charge in [-0.2, -0.15) is 0 Å². The average molecular weight is 342 g/mol. The smallest absolute Gasteiger partial charge is 0.142 e. The third kappa shape index (κ3) is 4.46. The molecule has 0 spiro atoms. The second-order valence-corrected chi connectivity index (χ2v) is 6.29. The summed E-state index contributed by atoms with van der Waals surface area (Å²) in [5.41, 5.74) is 0.952. The van der Waals surface area contributed by atoms with E-state index in [2.05, 4.69) is 24.0 Å². The summed E-state index contributed by atoms with van der Waals surface area (Å²) in [6.45, 7) is 1.63. The molecule has 0 aliphatic carbocycles. The van der Waals surface area contributed by atoms with Gasteiger partial charge in [0.15, 0.2) is 0 Å². The molecule has 22 heavy (non-hydrogen) atoms. The number of aromatic nitrogens is 2. The van der Waals surface area contributed by atoms with Crippen molar-refractivity contribution in [1.82, 2.24) is 14.5 Å². The number of rotatable bonds is 7. The largest absolute Gasteiger partial charge is 0.365 e. The summed E-state index contributed by atoms with van der Waals surface area (Å²) >= 11 is 12.1. The van der Waals surface area contributed by atoms with Gasteiger partial charge in [0.25, 0.3) is 0 Å². The lowest BCUT2D eigenvalue weighted by molar-refractivity contribution is 0.0672. The molecule has 6 heteroatoms. The Kier molecular flexibility index (Phi) is 6.26. The Balaban J connectivity index is 2.18. The fourth-order valence-corrected chi connectivity index (χ4v) is 2.51.